The van der Waals surface area contributed by atoms with Gasteiger partial charge < -0.3 is 4.90 Å². The lowest BCUT2D eigenvalue weighted by molar-refractivity contribution is 0.0984. The maximum atomic E-state index is 12.7. The quantitative estimate of drug-likeness (QED) is 0.735. The molecular weight excluding hydrogens is 294 g/mol. The average Bonchev–Trinajstić information content (AvgIpc) is 3.07. The van der Waals surface area contributed by atoms with E-state index in [1.165, 1.54) is 11.3 Å². The third-order valence-corrected chi connectivity index (χ3v) is 4.15. The third kappa shape index (κ3) is 2.89. The van der Waals surface area contributed by atoms with E-state index in [0.29, 0.717) is 12.2 Å². The number of rotatable bonds is 4. The molecule has 5 heteroatoms. The molecule has 2 aromatic heterocycles. The van der Waals surface area contributed by atoms with Crippen molar-refractivity contribution in [3.8, 4) is 10.6 Å². The number of hydrogen-bond acceptors (Lipinski definition) is 4. The summed E-state index contributed by atoms with van der Waals surface area (Å²) in [5.41, 5.74) is 2.27. The largest absolute Gasteiger partial charge is 0.307 e. The van der Waals surface area contributed by atoms with Gasteiger partial charge in [-0.1, -0.05) is 18.2 Å². The Bertz CT molecular complexity index is 756. The van der Waals surface area contributed by atoms with E-state index in [-0.39, 0.29) is 5.91 Å². The van der Waals surface area contributed by atoms with Crippen LogP contribution in [0.4, 0.5) is 5.69 Å². The predicted octanol–water partition coefficient (Wildman–Crippen LogP) is 3.87. The molecule has 3 aromatic rings. The molecule has 0 aliphatic rings. The van der Waals surface area contributed by atoms with Crippen LogP contribution in [-0.4, -0.2) is 22.4 Å². The lowest BCUT2D eigenvalue weighted by atomic mass is 10.2. The molecule has 3 rings (SSSR count). The lowest BCUT2D eigenvalue weighted by Gasteiger charge is -2.19. The molecule has 0 N–H and O–H groups in total. The first kappa shape index (κ1) is 14.4. The predicted molar refractivity (Wildman–Crippen MR) is 89.1 cm³/mol. The van der Waals surface area contributed by atoms with Gasteiger partial charge in [-0.05, 0) is 31.2 Å². The summed E-state index contributed by atoms with van der Waals surface area (Å²) in [5.74, 6) is -0.0832. The van der Waals surface area contributed by atoms with Crippen molar-refractivity contribution < 1.29 is 4.79 Å². The van der Waals surface area contributed by atoms with Crippen molar-refractivity contribution in [2.24, 2.45) is 0 Å². The van der Waals surface area contributed by atoms with E-state index >= 15 is 0 Å². The third-order valence-electron chi connectivity index (χ3n) is 3.26. The molecule has 0 aliphatic heterocycles. The van der Waals surface area contributed by atoms with Crippen LogP contribution in [-0.2, 0) is 0 Å². The Hall–Kier alpha value is -2.53. The number of aromatic nitrogens is 2. The van der Waals surface area contributed by atoms with Crippen LogP contribution in [0.5, 0.6) is 0 Å². The first-order valence-corrected chi connectivity index (χ1v) is 7.90. The maximum Gasteiger partial charge on any atom is 0.277 e. The Morgan fingerprint density at radius 3 is 2.68 bits per heavy atom. The smallest absolute Gasteiger partial charge is 0.277 e. The summed E-state index contributed by atoms with van der Waals surface area (Å²) in [6, 6.07) is 13.4. The number of thiazole rings is 1. The van der Waals surface area contributed by atoms with Crippen molar-refractivity contribution in [3.05, 3.63) is 65.9 Å². The molecule has 22 heavy (non-hydrogen) atoms. The zero-order chi connectivity index (χ0) is 15.4. The number of pyridine rings is 1. The second kappa shape index (κ2) is 6.49. The van der Waals surface area contributed by atoms with Crippen molar-refractivity contribution in [3.63, 3.8) is 0 Å². The first-order chi connectivity index (χ1) is 10.8. The lowest BCUT2D eigenvalue weighted by Crippen LogP contribution is -2.30. The Kier molecular flexibility index (Phi) is 4.25. The molecule has 0 atom stereocenters. The summed E-state index contributed by atoms with van der Waals surface area (Å²) in [4.78, 5) is 22.9. The molecule has 0 spiro atoms. The summed E-state index contributed by atoms with van der Waals surface area (Å²) >= 11 is 1.46. The van der Waals surface area contributed by atoms with Gasteiger partial charge in [0.25, 0.3) is 5.91 Å². The number of benzene rings is 1. The summed E-state index contributed by atoms with van der Waals surface area (Å²) in [7, 11) is 0. The van der Waals surface area contributed by atoms with Crippen LogP contribution in [0.3, 0.4) is 0 Å². The van der Waals surface area contributed by atoms with Crippen molar-refractivity contribution in [2.45, 2.75) is 6.92 Å². The monoisotopic (exact) mass is 309 g/mol. The van der Waals surface area contributed by atoms with Crippen LogP contribution in [0.25, 0.3) is 10.6 Å². The fourth-order valence-corrected chi connectivity index (χ4v) is 2.97. The number of amides is 1. The van der Waals surface area contributed by atoms with Crippen LogP contribution >= 0.6 is 11.3 Å². The molecule has 0 radical (unpaired) electrons. The van der Waals surface area contributed by atoms with Gasteiger partial charge in [0.2, 0.25) is 0 Å². The van der Waals surface area contributed by atoms with Crippen LogP contribution in [0.1, 0.15) is 17.4 Å². The van der Waals surface area contributed by atoms with Gasteiger partial charge in [-0.25, -0.2) is 4.98 Å². The highest BCUT2D eigenvalue weighted by molar-refractivity contribution is 7.13. The van der Waals surface area contributed by atoms with Crippen LogP contribution in [0, 0.1) is 0 Å². The van der Waals surface area contributed by atoms with Gasteiger partial charge in [0, 0.05) is 35.6 Å². The standard InChI is InChI=1S/C17H15N3OS/c1-2-20(14-8-4-3-5-9-14)17(21)15-12-22-16(19-15)13-7-6-10-18-11-13/h3-12H,2H2,1H3. The molecule has 0 aliphatic carbocycles. The fourth-order valence-electron chi connectivity index (χ4n) is 2.18. The molecule has 0 bridgehead atoms. The highest BCUT2D eigenvalue weighted by atomic mass is 32.1. The zero-order valence-corrected chi connectivity index (χ0v) is 13.0. The summed E-state index contributed by atoms with van der Waals surface area (Å²) in [6.07, 6.45) is 3.47. The van der Waals surface area contributed by atoms with Gasteiger partial charge in [0.05, 0.1) is 0 Å². The molecule has 0 saturated carbocycles. The van der Waals surface area contributed by atoms with Gasteiger partial charge in [-0.3, -0.25) is 9.78 Å². The van der Waals surface area contributed by atoms with Gasteiger partial charge in [0.15, 0.2) is 0 Å². The number of anilines is 1. The minimum atomic E-state index is -0.0832. The summed E-state index contributed by atoms with van der Waals surface area (Å²) < 4.78 is 0. The first-order valence-electron chi connectivity index (χ1n) is 7.02. The number of hydrogen-bond donors (Lipinski definition) is 0. The molecule has 0 fully saturated rings. The number of carbonyl (C=O) groups is 1. The Labute approximate surface area is 133 Å². The number of para-hydroxylation sites is 1. The normalized spacial score (nSPS) is 10.4. The van der Waals surface area contributed by atoms with Gasteiger partial charge in [-0.2, -0.15) is 0 Å². The Morgan fingerprint density at radius 2 is 2.00 bits per heavy atom. The number of carbonyl (C=O) groups excluding carboxylic acids is 1. The van der Waals surface area contributed by atoms with E-state index in [2.05, 4.69) is 9.97 Å². The fraction of sp³-hybridized carbons (Fsp3) is 0.118. The average molecular weight is 309 g/mol. The minimum Gasteiger partial charge on any atom is -0.307 e. The Balaban J connectivity index is 1.88. The maximum absolute atomic E-state index is 12.7. The van der Waals surface area contributed by atoms with Crippen LogP contribution in [0.15, 0.2) is 60.2 Å². The van der Waals surface area contributed by atoms with Gasteiger partial charge in [0.1, 0.15) is 10.7 Å². The van der Waals surface area contributed by atoms with E-state index in [4.69, 9.17) is 0 Å². The molecule has 1 aromatic carbocycles. The second-order valence-corrected chi connectivity index (χ2v) is 5.52. The minimum absolute atomic E-state index is 0.0832. The molecular formula is C17H15N3OS. The van der Waals surface area contributed by atoms with E-state index in [0.717, 1.165) is 16.3 Å². The van der Waals surface area contributed by atoms with Gasteiger partial charge >= 0.3 is 0 Å². The number of nitrogens with zero attached hydrogens (tertiary/aromatic N) is 3. The van der Waals surface area contributed by atoms with Crippen LogP contribution in [0.2, 0.25) is 0 Å². The molecule has 1 amide bonds. The molecule has 0 saturated heterocycles. The molecule has 110 valence electrons. The molecule has 4 nitrogen and oxygen atoms in total. The SMILES string of the molecule is CCN(C(=O)c1csc(-c2cccnc2)n1)c1ccccc1. The van der Waals surface area contributed by atoms with Gasteiger partial charge in [-0.15, -0.1) is 11.3 Å². The van der Waals surface area contributed by atoms with Crippen molar-refractivity contribution in [1.82, 2.24) is 9.97 Å². The second-order valence-electron chi connectivity index (χ2n) is 4.66. The summed E-state index contributed by atoms with van der Waals surface area (Å²) in [5, 5.41) is 2.61. The van der Waals surface area contributed by atoms with E-state index in [1.807, 2.05) is 49.4 Å². The highest BCUT2D eigenvalue weighted by Gasteiger charge is 2.19. The van der Waals surface area contributed by atoms with E-state index in [9.17, 15) is 4.79 Å². The Morgan fingerprint density at radius 1 is 1.18 bits per heavy atom. The van der Waals surface area contributed by atoms with E-state index in [1.54, 1.807) is 22.7 Å². The van der Waals surface area contributed by atoms with Crippen molar-refractivity contribution in [2.75, 3.05) is 11.4 Å². The molecule has 0 unspecified atom stereocenters. The zero-order valence-electron chi connectivity index (χ0n) is 12.1. The van der Waals surface area contributed by atoms with Crippen molar-refractivity contribution in [1.29, 1.82) is 0 Å². The molecule has 2 heterocycles. The van der Waals surface area contributed by atoms with Crippen LogP contribution < -0.4 is 4.90 Å². The topological polar surface area (TPSA) is 46.1 Å². The highest BCUT2D eigenvalue weighted by Crippen LogP contribution is 2.24. The van der Waals surface area contributed by atoms with E-state index < -0.39 is 0 Å². The van der Waals surface area contributed by atoms with Crippen molar-refractivity contribution >= 4 is 22.9 Å². The summed E-state index contributed by atoms with van der Waals surface area (Å²) in [6.45, 7) is 2.56.